The highest BCUT2D eigenvalue weighted by molar-refractivity contribution is 5.64. The number of hydrogen-bond donors (Lipinski definition) is 2. The average molecular weight is 340 g/mol. The first-order chi connectivity index (χ1) is 11.9. The highest BCUT2D eigenvalue weighted by Gasteiger charge is 2.30. The maximum absolute atomic E-state index is 10.9. The third-order valence-electron chi connectivity index (χ3n) is 4.79. The van der Waals surface area contributed by atoms with Crippen molar-refractivity contribution in [3.63, 3.8) is 0 Å². The lowest BCUT2D eigenvalue weighted by molar-refractivity contribution is -0.384. The molecule has 2 aromatic carbocycles. The number of nitro groups is 1. The third kappa shape index (κ3) is 3.15. The summed E-state index contributed by atoms with van der Waals surface area (Å²) in [5, 5.41) is 31.5. The molecule has 0 radical (unpaired) electrons. The van der Waals surface area contributed by atoms with Gasteiger partial charge >= 0.3 is 0 Å². The average Bonchev–Trinajstić information content (AvgIpc) is 2.57. The Labute approximate surface area is 145 Å². The van der Waals surface area contributed by atoms with E-state index in [-0.39, 0.29) is 23.2 Å². The quantitative estimate of drug-likeness (QED) is 0.494. The Bertz CT molecular complexity index is 860. The Balaban J connectivity index is 2.08. The van der Waals surface area contributed by atoms with Crippen LogP contribution in [-0.4, -0.2) is 21.7 Å². The smallest absolute Gasteiger partial charge is 0.273 e. The second-order valence-electron chi connectivity index (χ2n) is 6.40. The maximum Gasteiger partial charge on any atom is 0.273 e. The number of phenols is 2. The van der Waals surface area contributed by atoms with Crippen LogP contribution in [0.4, 0.5) is 11.4 Å². The molecule has 6 heteroatoms. The second kappa shape index (κ2) is 6.47. The van der Waals surface area contributed by atoms with Gasteiger partial charge in [0.25, 0.3) is 5.69 Å². The van der Waals surface area contributed by atoms with Crippen LogP contribution < -0.4 is 4.90 Å². The Kier molecular flexibility index (Phi) is 4.35. The molecular formula is C19H20N2O4. The molecule has 6 nitrogen and oxygen atoms in total. The number of phenolic OH excluding ortho intramolecular Hbond substituents is 2. The predicted molar refractivity (Wildman–Crippen MR) is 95.9 cm³/mol. The van der Waals surface area contributed by atoms with Gasteiger partial charge < -0.3 is 15.1 Å². The van der Waals surface area contributed by atoms with Crippen LogP contribution in [0.1, 0.15) is 31.9 Å². The van der Waals surface area contributed by atoms with Gasteiger partial charge in [-0.15, -0.1) is 0 Å². The van der Waals surface area contributed by atoms with Crippen LogP contribution in [0.25, 0.3) is 0 Å². The van der Waals surface area contributed by atoms with Gasteiger partial charge in [-0.2, -0.15) is 0 Å². The van der Waals surface area contributed by atoms with E-state index in [9.17, 15) is 20.3 Å². The molecule has 1 atom stereocenters. The topological polar surface area (TPSA) is 86.8 Å². The van der Waals surface area contributed by atoms with Gasteiger partial charge in [-0.05, 0) is 32.4 Å². The molecule has 0 saturated heterocycles. The Hall–Kier alpha value is -3.02. The van der Waals surface area contributed by atoms with Crippen LogP contribution in [0, 0.1) is 10.1 Å². The minimum atomic E-state index is -0.532. The number of benzene rings is 2. The number of hydrogen-bond acceptors (Lipinski definition) is 5. The Morgan fingerprint density at radius 3 is 2.44 bits per heavy atom. The summed E-state index contributed by atoms with van der Waals surface area (Å²) in [4.78, 5) is 12.4. The first kappa shape index (κ1) is 16.8. The van der Waals surface area contributed by atoms with E-state index >= 15 is 0 Å². The standard InChI is InChI=1S/C19H20N2O4/c1-12-9-17(15-5-3-4-6-18(15)22)20(11-13(12)2)16-8-7-14(21(24)25)10-19(16)23/h3-8,10,17,22-23H,9,11H2,1-2H3/t17-/m1/s1. The van der Waals surface area contributed by atoms with E-state index in [2.05, 4.69) is 6.92 Å². The van der Waals surface area contributed by atoms with Gasteiger partial charge in [0.05, 0.1) is 22.7 Å². The molecular weight excluding hydrogens is 320 g/mol. The van der Waals surface area contributed by atoms with Crippen molar-refractivity contribution in [1.29, 1.82) is 0 Å². The molecule has 1 aliphatic heterocycles. The summed E-state index contributed by atoms with van der Waals surface area (Å²) in [6.07, 6.45) is 0.708. The minimum absolute atomic E-state index is 0.137. The summed E-state index contributed by atoms with van der Waals surface area (Å²) >= 11 is 0. The molecule has 1 aliphatic rings. The Morgan fingerprint density at radius 1 is 1.08 bits per heavy atom. The normalized spacial score (nSPS) is 17.7. The van der Waals surface area contributed by atoms with Gasteiger partial charge in [-0.25, -0.2) is 0 Å². The first-order valence-electron chi connectivity index (χ1n) is 8.05. The lowest BCUT2D eigenvalue weighted by Crippen LogP contribution is -2.34. The molecule has 0 amide bonds. The number of nitro benzene ring substituents is 1. The van der Waals surface area contributed by atoms with Crippen molar-refractivity contribution in [3.8, 4) is 11.5 Å². The molecule has 2 N–H and O–H groups in total. The van der Waals surface area contributed by atoms with E-state index in [1.807, 2.05) is 24.0 Å². The zero-order valence-electron chi connectivity index (χ0n) is 14.1. The van der Waals surface area contributed by atoms with E-state index in [0.717, 1.165) is 11.6 Å². The predicted octanol–water partition coefficient (Wildman–Crippen LogP) is 4.29. The second-order valence-corrected chi connectivity index (χ2v) is 6.40. The van der Waals surface area contributed by atoms with Crippen LogP contribution >= 0.6 is 0 Å². The van der Waals surface area contributed by atoms with Crippen LogP contribution in [0.3, 0.4) is 0 Å². The van der Waals surface area contributed by atoms with E-state index in [4.69, 9.17) is 0 Å². The molecule has 0 saturated carbocycles. The van der Waals surface area contributed by atoms with E-state index in [1.54, 1.807) is 18.2 Å². The molecule has 0 aliphatic carbocycles. The molecule has 3 rings (SSSR count). The zero-order chi connectivity index (χ0) is 18.1. The third-order valence-corrected chi connectivity index (χ3v) is 4.79. The SMILES string of the molecule is CC1=C(C)CN(c2ccc([N+](=O)[O-])cc2O)[C@@H](c2ccccc2O)C1. The van der Waals surface area contributed by atoms with Crippen LogP contribution in [0.5, 0.6) is 11.5 Å². The van der Waals surface area contributed by atoms with Gasteiger partial charge in [-0.1, -0.05) is 29.3 Å². The van der Waals surface area contributed by atoms with Gasteiger partial charge in [0.1, 0.15) is 11.5 Å². The summed E-state index contributed by atoms with van der Waals surface area (Å²) in [6, 6.07) is 11.1. The molecule has 0 spiro atoms. The number of nitrogens with zero attached hydrogens (tertiary/aromatic N) is 2. The van der Waals surface area contributed by atoms with Crippen LogP contribution in [0.15, 0.2) is 53.6 Å². The van der Waals surface area contributed by atoms with E-state index in [0.29, 0.717) is 18.7 Å². The summed E-state index contributed by atoms with van der Waals surface area (Å²) in [5.74, 6) is 0.0632. The summed E-state index contributed by atoms with van der Waals surface area (Å²) < 4.78 is 0. The fraction of sp³-hybridized carbons (Fsp3) is 0.263. The monoisotopic (exact) mass is 340 g/mol. The lowest BCUT2D eigenvalue weighted by atomic mass is 9.90. The van der Waals surface area contributed by atoms with Gasteiger partial charge in [0.15, 0.2) is 0 Å². The number of para-hydroxylation sites is 1. The number of aromatic hydroxyl groups is 2. The van der Waals surface area contributed by atoms with E-state index < -0.39 is 4.92 Å². The highest BCUT2D eigenvalue weighted by atomic mass is 16.6. The molecule has 0 fully saturated rings. The molecule has 0 aromatic heterocycles. The van der Waals surface area contributed by atoms with Gasteiger partial charge in [0, 0.05) is 18.2 Å². The first-order valence-corrected chi connectivity index (χ1v) is 8.05. The van der Waals surface area contributed by atoms with Crippen molar-refractivity contribution in [3.05, 3.63) is 69.3 Å². The molecule has 2 aromatic rings. The largest absolute Gasteiger partial charge is 0.508 e. The highest BCUT2D eigenvalue weighted by Crippen LogP contribution is 2.43. The fourth-order valence-corrected chi connectivity index (χ4v) is 3.24. The fourth-order valence-electron chi connectivity index (χ4n) is 3.24. The van der Waals surface area contributed by atoms with Crippen molar-refractivity contribution >= 4 is 11.4 Å². The van der Waals surface area contributed by atoms with Crippen molar-refractivity contribution in [2.24, 2.45) is 0 Å². The van der Waals surface area contributed by atoms with E-state index in [1.165, 1.54) is 17.2 Å². The molecule has 0 unspecified atom stereocenters. The minimum Gasteiger partial charge on any atom is -0.508 e. The van der Waals surface area contributed by atoms with Crippen LogP contribution in [-0.2, 0) is 0 Å². The maximum atomic E-state index is 10.9. The molecule has 0 bridgehead atoms. The number of anilines is 1. The summed E-state index contributed by atoms with van der Waals surface area (Å²) in [7, 11) is 0. The number of rotatable bonds is 3. The van der Waals surface area contributed by atoms with Crippen molar-refractivity contribution in [2.45, 2.75) is 26.3 Å². The molecule has 130 valence electrons. The van der Waals surface area contributed by atoms with Gasteiger partial charge in [-0.3, -0.25) is 10.1 Å². The van der Waals surface area contributed by atoms with Gasteiger partial charge in [0.2, 0.25) is 0 Å². The number of non-ortho nitro benzene ring substituents is 1. The molecule has 1 heterocycles. The van der Waals surface area contributed by atoms with Crippen molar-refractivity contribution in [1.82, 2.24) is 0 Å². The zero-order valence-corrected chi connectivity index (χ0v) is 14.1. The molecule has 25 heavy (non-hydrogen) atoms. The summed E-state index contributed by atoms with van der Waals surface area (Å²) in [5.41, 5.74) is 3.56. The van der Waals surface area contributed by atoms with Crippen LogP contribution in [0.2, 0.25) is 0 Å². The summed E-state index contributed by atoms with van der Waals surface area (Å²) in [6.45, 7) is 4.68. The van der Waals surface area contributed by atoms with Crippen molar-refractivity contribution in [2.75, 3.05) is 11.4 Å². The lowest BCUT2D eigenvalue weighted by Gasteiger charge is -2.39. The van der Waals surface area contributed by atoms with Crippen molar-refractivity contribution < 1.29 is 15.1 Å². The Morgan fingerprint density at radius 2 is 1.80 bits per heavy atom.